The van der Waals surface area contributed by atoms with E-state index in [2.05, 4.69) is 14.7 Å². The van der Waals surface area contributed by atoms with Gasteiger partial charge in [0, 0.05) is 29.9 Å². The molecule has 0 radical (unpaired) electrons. The maximum atomic E-state index is 12.7. The lowest BCUT2D eigenvalue weighted by Crippen LogP contribution is -2.13. The van der Waals surface area contributed by atoms with Crippen LogP contribution in [0.1, 0.15) is 0 Å². The molecule has 0 fully saturated rings. The summed E-state index contributed by atoms with van der Waals surface area (Å²) in [6, 6.07) is 13.8. The molecule has 4 rings (SSSR count). The van der Waals surface area contributed by atoms with Crippen molar-refractivity contribution in [3.05, 3.63) is 67.0 Å². The van der Waals surface area contributed by atoms with E-state index in [0.717, 1.165) is 27.0 Å². The summed E-state index contributed by atoms with van der Waals surface area (Å²) in [4.78, 5) is 8.67. The molecule has 10 heteroatoms. The number of hydrogen-bond acceptors (Lipinski definition) is 7. The zero-order valence-electron chi connectivity index (χ0n) is 15.1. The van der Waals surface area contributed by atoms with Crippen molar-refractivity contribution < 1.29 is 16.8 Å². The standard InChI is InChI=1S/C19H15N3O4S3/c1-28(23,24)15-5-7-16(8-6-15)29(25,26)22-14-4-2-3-13(11-14)19-21-17-9-10-20-12-18(17)27-19/h2-12,22H,1H3. The molecule has 0 aliphatic rings. The summed E-state index contributed by atoms with van der Waals surface area (Å²) in [5, 5.41) is 0.756. The number of thiazole rings is 1. The Labute approximate surface area is 172 Å². The molecule has 0 amide bonds. The first kappa shape index (κ1) is 19.5. The average molecular weight is 446 g/mol. The predicted octanol–water partition coefficient (Wildman–Crippen LogP) is 3.56. The molecule has 0 spiro atoms. The second-order valence-electron chi connectivity index (χ2n) is 6.29. The van der Waals surface area contributed by atoms with Gasteiger partial charge in [-0.2, -0.15) is 0 Å². The molecular formula is C19H15N3O4S3. The number of sulfone groups is 1. The van der Waals surface area contributed by atoms with Gasteiger partial charge in [-0.3, -0.25) is 9.71 Å². The van der Waals surface area contributed by atoms with Crippen molar-refractivity contribution in [2.45, 2.75) is 9.79 Å². The van der Waals surface area contributed by atoms with Crippen molar-refractivity contribution >= 4 is 47.1 Å². The molecular weight excluding hydrogens is 430 g/mol. The van der Waals surface area contributed by atoms with Crippen LogP contribution in [0.3, 0.4) is 0 Å². The Morgan fingerprint density at radius 2 is 1.66 bits per heavy atom. The van der Waals surface area contributed by atoms with Crippen LogP contribution in [0.15, 0.2) is 76.8 Å². The molecule has 1 N–H and O–H groups in total. The van der Waals surface area contributed by atoms with Crippen molar-refractivity contribution in [3.63, 3.8) is 0 Å². The number of nitrogens with one attached hydrogen (secondary N) is 1. The van der Waals surface area contributed by atoms with Crippen LogP contribution in [0.2, 0.25) is 0 Å². The van der Waals surface area contributed by atoms with Gasteiger partial charge in [-0.05, 0) is 42.5 Å². The Balaban J connectivity index is 1.63. The minimum Gasteiger partial charge on any atom is -0.280 e. The van der Waals surface area contributed by atoms with E-state index in [1.54, 1.807) is 30.6 Å². The highest BCUT2D eigenvalue weighted by atomic mass is 32.2. The Morgan fingerprint density at radius 1 is 0.931 bits per heavy atom. The Kier molecular flexibility index (Phi) is 4.85. The van der Waals surface area contributed by atoms with Crippen LogP contribution >= 0.6 is 11.3 Å². The number of pyridine rings is 1. The Morgan fingerprint density at radius 3 is 2.34 bits per heavy atom. The van der Waals surface area contributed by atoms with E-state index in [-0.39, 0.29) is 9.79 Å². The third kappa shape index (κ3) is 4.14. The summed E-state index contributed by atoms with van der Waals surface area (Å²) in [6.45, 7) is 0. The highest BCUT2D eigenvalue weighted by Crippen LogP contribution is 2.31. The van der Waals surface area contributed by atoms with Gasteiger partial charge in [0.25, 0.3) is 10.0 Å². The van der Waals surface area contributed by atoms with Crippen LogP contribution in [0, 0.1) is 0 Å². The van der Waals surface area contributed by atoms with Gasteiger partial charge >= 0.3 is 0 Å². The SMILES string of the molecule is CS(=O)(=O)c1ccc(S(=O)(=O)Nc2cccc(-c3nc4ccncc4s3)c2)cc1. The smallest absolute Gasteiger partial charge is 0.261 e. The van der Waals surface area contributed by atoms with Crippen LogP contribution < -0.4 is 4.72 Å². The van der Waals surface area contributed by atoms with Crippen molar-refractivity contribution in [1.82, 2.24) is 9.97 Å². The second kappa shape index (κ2) is 7.21. The molecule has 0 aliphatic heterocycles. The maximum Gasteiger partial charge on any atom is 0.261 e. The van der Waals surface area contributed by atoms with Gasteiger partial charge in [0.15, 0.2) is 9.84 Å². The summed E-state index contributed by atoms with van der Waals surface area (Å²) < 4.78 is 51.9. The number of nitrogens with zero attached hydrogens (tertiary/aromatic N) is 2. The maximum absolute atomic E-state index is 12.7. The number of hydrogen-bond donors (Lipinski definition) is 1. The van der Waals surface area contributed by atoms with E-state index in [4.69, 9.17) is 0 Å². The topological polar surface area (TPSA) is 106 Å². The molecule has 0 saturated heterocycles. The molecule has 2 heterocycles. The zero-order chi connectivity index (χ0) is 20.6. The van der Waals surface area contributed by atoms with Crippen LogP contribution in [0.5, 0.6) is 0 Å². The van der Waals surface area contributed by atoms with E-state index in [1.807, 2.05) is 12.1 Å². The fraction of sp³-hybridized carbons (Fsp3) is 0.0526. The minimum atomic E-state index is -3.87. The number of fused-ring (bicyclic) bond motifs is 1. The molecule has 2 aromatic heterocycles. The number of anilines is 1. The lowest BCUT2D eigenvalue weighted by atomic mass is 10.2. The van der Waals surface area contributed by atoms with E-state index >= 15 is 0 Å². The first-order chi connectivity index (χ1) is 13.7. The summed E-state index contributed by atoms with van der Waals surface area (Å²) in [6.07, 6.45) is 4.48. The first-order valence-electron chi connectivity index (χ1n) is 8.36. The predicted molar refractivity (Wildman–Crippen MR) is 113 cm³/mol. The molecule has 2 aromatic carbocycles. The lowest BCUT2D eigenvalue weighted by molar-refractivity contribution is 0.597. The fourth-order valence-electron chi connectivity index (χ4n) is 2.70. The lowest BCUT2D eigenvalue weighted by Gasteiger charge is -2.09. The van der Waals surface area contributed by atoms with Gasteiger partial charge < -0.3 is 0 Å². The summed E-state index contributed by atoms with van der Waals surface area (Å²) in [5.74, 6) is 0. The molecule has 148 valence electrons. The molecule has 0 aliphatic carbocycles. The molecule has 4 aromatic rings. The Hall–Kier alpha value is -2.82. The van der Waals surface area contributed by atoms with E-state index in [9.17, 15) is 16.8 Å². The van der Waals surface area contributed by atoms with Gasteiger partial charge in [0.1, 0.15) is 5.01 Å². The molecule has 7 nitrogen and oxygen atoms in total. The third-order valence-electron chi connectivity index (χ3n) is 4.12. The van der Waals surface area contributed by atoms with Crippen LogP contribution in [0.4, 0.5) is 5.69 Å². The van der Waals surface area contributed by atoms with Crippen molar-refractivity contribution in [1.29, 1.82) is 0 Å². The van der Waals surface area contributed by atoms with Crippen molar-refractivity contribution in [3.8, 4) is 10.6 Å². The minimum absolute atomic E-state index is 0.0265. The molecule has 0 saturated carbocycles. The summed E-state index contributed by atoms with van der Waals surface area (Å²) >= 11 is 1.47. The number of sulfonamides is 1. The van der Waals surface area contributed by atoms with Gasteiger partial charge in [-0.1, -0.05) is 12.1 Å². The van der Waals surface area contributed by atoms with Gasteiger partial charge in [-0.15, -0.1) is 11.3 Å². The molecule has 0 unspecified atom stereocenters. The van der Waals surface area contributed by atoms with E-state index in [0.29, 0.717) is 5.69 Å². The third-order valence-corrected chi connectivity index (χ3v) is 7.70. The zero-order valence-corrected chi connectivity index (χ0v) is 17.6. The fourth-order valence-corrected chi connectivity index (χ4v) is 5.31. The first-order valence-corrected chi connectivity index (χ1v) is 12.6. The summed E-state index contributed by atoms with van der Waals surface area (Å²) in [5.41, 5.74) is 1.99. The van der Waals surface area contributed by atoms with E-state index in [1.165, 1.54) is 35.6 Å². The monoisotopic (exact) mass is 445 g/mol. The summed E-state index contributed by atoms with van der Waals surface area (Å²) in [7, 11) is -7.27. The van der Waals surface area contributed by atoms with Crippen LogP contribution in [-0.4, -0.2) is 33.1 Å². The number of benzene rings is 2. The van der Waals surface area contributed by atoms with Crippen molar-refractivity contribution in [2.24, 2.45) is 0 Å². The number of rotatable bonds is 5. The largest absolute Gasteiger partial charge is 0.280 e. The molecule has 0 bridgehead atoms. The van der Waals surface area contributed by atoms with Gasteiger partial charge in [0.2, 0.25) is 0 Å². The normalized spacial score (nSPS) is 12.2. The van der Waals surface area contributed by atoms with Gasteiger partial charge in [-0.25, -0.2) is 21.8 Å². The van der Waals surface area contributed by atoms with Crippen LogP contribution in [0.25, 0.3) is 20.8 Å². The van der Waals surface area contributed by atoms with Crippen molar-refractivity contribution in [2.75, 3.05) is 11.0 Å². The van der Waals surface area contributed by atoms with Crippen LogP contribution in [-0.2, 0) is 19.9 Å². The van der Waals surface area contributed by atoms with Gasteiger partial charge in [0.05, 0.1) is 20.0 Å². The average Bonchev–Trinajstić information content (AvgIpc) is 3.12. The highest BCUT2D eigenvalue weighted by Gasteiger charge is 2.16. The van der Waals surface area contributed by atoms with E-state index < -0.39 is 19.9 Å². The molecule has 0 atom stereocenters. The quantitative estimate of drug-likeness (QED) is 0.503. The Bertz CT molecular complexity index is 1380. The second-order valence-corrected chi connectivity index (χ2v) is 11.0. The highest BCUT2D eigenvalue weighted by molar-refractivity contribution is 7.92. The number of aromatic nitrogens is 2. The molecule has 29 heavy (non-hydrogen) atoms.